The minimum Gasteiger partial charge on any atom is -1.00 e. The Labute approximate surface area is 127 Å². The van der Waals surface area contributed by atoms with E-state index in [1.807, 2.05) is 0 Å². The van der Waals surface area contributed by atoms with Gasteiger partial charge in [-0.15, -0.1) is 0 Å². The maximum atomic E-state index is 7.17. The van der Waals surface area contributed by atoms with E-state index in [0.717, 1.165) is 0 Å². The summed E-state index contributed by atoms with van der Waals surface area (Å²) >= 11 is 0. The fourth-order valence-electron chi connectivity index (χ4n) is 0. The SMILES string of the molecule is OB(O)O.[H-].[H-].[H-].[Li+].[Sr+2].[Tb]. The summed E-state index contributed by atoms with van der Waals surface area (Å²) in [7, 11) is -2.17. The molecule has 0 aromatic heterocycles. The van der Waals surface area contributed by atoms with Crippen molar-refractivity contribution < 1.29 is 76.8 Å². The molecule has 0 aliphatic carbocycles. The molecule has 0 saturated heterocycles. The number of rotatable bonds is 0. The summed E-state index contributed by atoms with van der Waals surface area (Å²) in [4.78, 5) is 0. The van der Waals surface area contributed by atoms with Crippen molar-refractivity contribution in [2.75, 3.05) is 0 Å². The van der Waals surface area contributed by atoms with E-state index in [4.69, 9.17) is 15.1 Å². The van der Waals surface area contributed by atoms with Crippen LogP contribution < -0.4 is 18.9 Å². The second-order valence-corrected chi connectivity index (χ2v) is 0.346. The molecule has 0 unspecified atom stereocenters. The van der Waals surface area contributed by atoms with Crippen LogP contribution in [0.25, 0.3) is 0 Å². The van der Waals surface area contributed by atoms with Crippen LogP contribution in [0.5, 0.6) is 0 Å². The van der Waals surface area contributed by atoms with Crippen LogP contribution in [0, 0.1) is 38.6 Å². The Morgan fingerprint density at radius 1 is 1.14 bits per heavy atom. The van der Waals surface area contributed by atoms with Crippen LogP contribution in [0.15, 0.2) is 0 Å². The van der Waals surface area contributed by atoms with E-state index in [0.29, 0.717) is 0 Å². The molecule has 1 radical (unpaired) electrons. The fourth-order valence-corrected chi connectivity index (χ4v) is 0. The van der Waals surface area contributed by atoms with Gasteiger partial charge in [0.2, 0.25) is 0 Å². The monoisotopic (exact) mass is 319 g/mol. The van der Waals surface area contributed by atoms with Crippen molar-refractivity contribution >= 4 is 52.8 Å². The molecule has 0 aromatic rings. The summed E-state index contributed by atoms with van der Waals surface area (Å²) in [6, 6.07) is 0. The summed E-state index contributed by atoms with van der Waals surface area (Å²) < 4.78 is 0. The minimum atomic E-state index is -2.17. The minimum absolute atomic E-state index is 0. The maximum Gasteiger partial charge on any atom is 2.00 e. The van der Waals surface area contributed by atoms with Gasteiger partial charge < -0.3 is 19.4 Å². The fraction of sp³-hybridized carbons (Fsp3) is 0. The zero-order chi connectivity index (χ0) is 3.58. The Morgan fingerprint density at radius 2 is 1.14 bits per heavy atom. The molecule has 0 atom stereocenters. The summed E-state index contributed by atoms with van der Waals surface area (Å²) in [5.41, 5.74) is 0. The molecular formula is H6BLiO3SrTb. The molecule has 0 saturated carbocycles. The second-order valence-electron chi connectivity index (χ2n) is 0.346. The molecule has 0 fully saturated rings. The normalized spacial score (nSPS) is 3.86. The van der Waals surface area contributed by atoms with E-state index >= 15 is 0 Å². The summed E-state index contributed by atoms with van der Waals surface area (Å²) in [6.45, 7) is 0. The van der Waals surface area contributed by atoms with Crippen LogP contribution in [0.2, 0.25) is 0 Å². The van der Waals surface area contributed by atoms with E-state index in [1.165, 1.54) is 0 Å². The van der Waals surface area contributed by atoms with Crippen LogP contribution in [-0.4, -0.2) is 67.9 Å². The van der Waals surface area contributed by atoms with Gasteiger partial charge in [-0.25, -0.2) is 0 Å². The van der Waals surface area contributed by atoms with Crippen LogP contribution in [0.3, 0.4) is 0 Å². The van der Waals surface area contributed by atoms with Crippen molar-refractivity contribution in [3.63, 3.8) is 0 Å². The molecule has 0 heterocycles. The Morgan fingerprint density at radius 3 is 1.14 bits per heavy atom. The van der Waals surface area contributed by atoms with Crippen molar-refractivity contribution in [3.8, 4) is 0 Å². The number of hydrogen-bond donors (Lipinski definition) is 3. The topological polar surface area (TPSA) is 60.7 Å². The first-order valence-electron chi connectivity index (χ1n) is 0.775. The molecule has 0 bridgehead atoms. The maximum absolute atomic E-state index is 7.17. The van der Waals surface area contributed by atoms with Gasteiger partial charge in [0.1, 0.15) is 0 Å². The molecule has 0 rings (SSSR count). The third-order valence-electron chi connectivity index (χ3n) is 0. The van der Waals surface area contributed by atoms with Crippen LogP contribution in [0.4, 0.5) is 0 Å². The molecule has 0 aliphatic rings. The van der Waals surface area contributed by atoms with E-state index < -0.39 is 7.32 Å². The van der Waals surface area contributed by atoms with Gasteiger partial charge in [0.15, 0.2) is 0 Å². The largest absolute Gasteiger partial charge is 2.00 e. The predicted molar refractivity (Wildman–Crippen MR) is 21.5 cm³/mol. The average Bonchev–Trinajstić information content (AvgIpc) is 0.811. The Bertz CT molecular complexity index is 28.5. The summed E-state index contributed by atoms with van der Waals surface area (Å²) in [5.74, 6) is 0. The van der Waals surface area contributed by atoms with Gasteiger partial charge in [-0.3, -0.25) is 0 Å². The predicted octanol–water partition coefficient (Wildman–Crippen LogP) is -5.09. The van der Waals surface area contributed by atoms with Gasteiger partial charge in [-0.1, -0.05) is 0 Å². The smallest absolute Gasteiger partial charge is 1.00 e. The second kappa shape index (κ2) is 16.1. The first-order valence-corrected chi connectivity index (χ1v) is 0.775. The Hall–Kier alpha value is 3.31. The Kier molecular flexibility index (Phi) is 51.8. The molecule has 3 N–H and O–H groups in total. The molecule has 0 spiro atoms. The quantitative estimate of drug-likeness (QED) is 0.392. The Balaban J connectivity index is -0.00000000300. The van der Waals surface area contributed by atoms with E-state index in [2.05, 4.69) is 0 Å². The van der Waals surface area contributed by atoms with Gasteiger partial charge in [0.25, 0.3) is 0 Å². The van der Waals surface area contributed by atoms with Crippen LogP contribution in [-0.2, 0) is 0 Å². The van der Waals surface area contributed by atoms with Crippen molar-refractivity contribution in [2.24, 2.45) is 0 Å². The van der Waals surface area contributed by atoms with E-state index in [9.17, 15) is 0 Å². The van der Waals surface area contributed by atoms with Crippen molar-refractivity contribution in [1.29, 1.82) is 0 Å². The zero-order valence-electron chi connectivity index (χ0n) is 6.96. The molecule has 0 amide bonds. The van der Waals surface area contributed by atoms with Crippen molar-refractivity contribution in [2.45, 2.75) is 0 Å². The molecule has 39 valence electrons. The molecule has 0 aromatic carbocycles. The first-order chi connectivity index (χ1) is 1.73. The summed E-state index contributed by atoms with van der Waals surface area (Å²) in [6.07, 6.45) is 0. The van der Waals surface area contributed by atoms with Crippen LogP contribution in [0.1, 0.15) is 4.28 Å². The van der Waals surface area contributed by atoms with Crippen LogP contribution >= 0.6 is 0 Å². The average molecular weight is 318 g/mol. The van der Waals surface area contributed by atoms with Crippen molar-refractivity contribution in [1.82, 2.24) is 0 Å². The van der Waals surface area contributed by atoms with Gasteiger partial charge in [0, 0.05) is 38.6 Å². The molecular weight excluding hydrogens is 312 g/mol. The van der Waals surface area contributed by atoms with Gasteiger partial charge in [-0.05, 0) is 0 Å². The van der Waals surface area contributed by atoms with Crippen molar-refractivity contribution in [3.05, 3.63) is 0 Å². The number of hydrogen-bond acceptors (Lipinski definition) is 3. The molecule has 7 heavy (non-hydrogen) atoms. The molecule has 7 heteroatoms. The summed E-state index contributed by atoms with van der Waals surface area (Å²) in [5, 5.41) is 21.5. The van der Waals surface area contributed by atoms with E-state index in [1.54, 1.807) is 0 Å². The zero-order valence-corrected chi connectivity index (χ0v) is 9.57. The van der Waals surface area contributed by atoms with Gasteiger partial charge in [0.05, 0.1) is 0 Å². The van der Waals surface area contributed by atoms with E-state index in [-0.39, 0.29) is 107 Å². The van der Waals surface area contributed by atoms with Gasteiger partial charge >= 0.3 is 71.7 Å². The third-order valence-corrected chi connectivity index (χ3v) is 0. The standard InChI is InChI=1S/BH3O3.Li.Sr.Tb.3H/c2-1(3)4;;;;;;/h2-4H;;;;;;/q;+1;+2;;3*-1. The third kappa shape index (κ3) is 45.4. The molecule has 0 aliphatic heterocycles. The van der Waals surface area contributed by atoms with Gasteiger partial charge in [-0.2, -0.15) is 0 Å². The first kappa shape index (κ1) is 22.4. The molecule has 3 nitrogen and oxygen atoms in total.